The van der Waals surface area contributed by atoms with Gasteiger partial charge in [-0.2, -0.15) is 0 Å². The molecule has 14 heavy (non-hydrogen) atoms. The Balaban J connectivity index is 4.31. The Morgan fingerprint density at radius 1 is 1.50 bits per heavy atom. The lowest BCUT2D eigenvalue weighted by Gasteiger charge is -2.15. The van der Waals surface area contributed by atoms with Gasteiger partial charge in [0.15, 0.2) is 0 Å². The van der Waals surface area contributed by atoms with Gasteiger partial charge in [0.25, 0.3) is 0 Å². The lowest BCUT2D eigenvalue weighted by Crippen LogP contribution is -2.42. The van der Waals surface area contributed by atoms with Crippen molar-refractivity contribution >= 4 is 27.8 Å². The van der Waals surface area contributed by atoms with Gasteiger partial charge in [-0.3, -0.25) is 4.79 Å². The Labute approximate surface area is 91.5 Å². The molecule has 1 amide bonds. The Morgan fingerprint density at radius 2 is 2.00 bits per heavy atom. The second-order valence-electron chi connectivity index (χ2n) is 3.28. The standard InChI is InChI=1S/C9H14BrNO3/c1-5(2)8(12)11-7(9(13)14)4-6(3)10/h5,7H,3-4H2,1-2H3,(H,11,12)(H,13,14)/t7-/m1/s1. The molecule has 0 fully saturated rings. The van der Waals surface area contributed by atoms with Crippen molar-refractivity contribution in [3.8, 4) is 0 Å². The summed E-state index contributed by atoms with van der Waals surface area (Å²) in [5, 5.41) is 11.2. The first-order valence-corrected chi connectivity index (χ1v) is 5.00. The highest BCUT2D eigenvalue weighted by Crippen LogP contribution is 2.10. The second-order valence-corrected chi connectivity index (χ2v) is 4.40. The Bertz CT molecular complexity index is 250. The van der Waals surface area contributed by atoms with Crippen LogP contribution in [0, 0.1) is 5.92 Å². The Hall–Kier alpha value is -0.840. The zero-order valence-corrected chi connectivity index (χ0v) is 9.80. The molecule has 80 valence electrons. The van der Waals surface area contributed by atoms with Crippen molar-refractivity contribution in [3.63, 3.8) is 0 Å². The quantitative estimate of drug-likeness (QED) is 0.791. The van der Waals surface area contributed by atoms with Crippen molar-refractivity contribution in [2.75, 3.05) is 0 Å². The molecule has 0 aliphatic carbocycles. The first-order valence-electron chi connectivity index (χ1n) is 4.21. The minimum Gasteiger partial charge on any atom is -0.480 e. The van der Waals surface area contributed by atoms with E-state index in [1.54, 1.807) is 13.8 Å². The van der Waals surface area contributed by atoms with Crippen molar-refractivity contribution in [3.05, 3.63) is 11.1 Å². The fourth-order valence-corrected chi connectivity index (χ4v) is 1.08. The van der Waals surface area contributed by atoms with E-state index in [1.807, 2.05) is 0 Å². The fraction of sp³-hybridized carbons (Fsp3) is 0.556. The summed E-state index contributed by atoms with van der Waals surface area (Å²) < 4.78 is 0.550. The average Bonchev–Trinajstić information content (AvgIpc) is 2.01. The van der Waals surface area contributed by atoms with E-state index < -0.39 is 12.0 Å². The van der Waals surface area contributed by atoms with Crippen LogP contribution in [-0.2, 0) is 9.59 Å². The summed E-state index contributed by atoms with van der Waals surface area (Å²) in [5.74, 6) is -1.55. The largest absolute Gasteiger partial charge is 0.480 e. The Kier molecular flexibility index (Phi) is 5.45. The number of rotatable bonds is 5. The third-order valence-electron chi connectivity index (χ3n) is 1.56. The van der Waals surface area contributed by atoms with Gasteiger partial charge in [-0.15, -0.1) is 0 Å². The zero-order valence-electron chi connectivity index (χ0n) is 8.21. The molecule has 0 aliphatic heterocycles. The van der Waals surface area contributed by atoms with Crippen LogP contribution in [-0.4, -0.2) is 23.0 Å². The van der Waals surface area contributed by atoms with Crippen molar-refractivity contribution in [1.29, 1.82) is 0 Å². The van der Waals surface area contributed by atoms with Crippen LogP contribution < -0.4 is 5.32 Å². The van der Waals surface area contributed by atoms with E-state index in [0.717, 1.165) is 0 Å². The molecule has 0 heterocycles. The minimum absolute atomic E-state index is 0.188. The van der Waals surface area contributed by atoms with Gasteiger partial charge in [0, 0.05) is 12.3 Å². The molecule has 0 bridgehead atoms. The highest BCUT2D eigenvalue weighted by atomic mass is 79.9. The lowest BCUT2D eigenvalue weighted by atomic mass is 10.1. The number of carbonyl (C=O) groups excluding carboxylic acids is 1. The molecule has 0 radical (unpaired) electrons. The number of aliphatic carboxylic acids is 1. The first kappa shape index (κ1) is 13.2. The molecule has 1 atom stereocenters. The summed E-state index contributed by atoms with van der Waals surface area (Å²) in [5.41, 5.74) is 0. The van der Waals surface area contributed by atoms with Crippen LogP contribution in [0.1, 0.15) is 20.3 Å². The molecule has 0 saturated heterocycles. The van der Waals surface area contributed by atoms with E-state index in [0.29, 0.717) is 4.48 Å². The van der Waals surface area contributed by atoms with Crippen LogP contribution in [0.3, 0.4) is 0 Å². The highest BCUT2D eigenvalue weighted by molar-refractivity contribution is 9.11. The van der Waals surface area contributed by atoms with Crippen molar-refractivity contribution < 1.29 is 14.7 Å². The summed E-state index contributed by atoms with van der Waals surface area (Å²) in [7, 11) is 0. The molecule has 0 spiro atoms. The summed E-state index contributed by atoms with van der Waals surface area (Å²) >= 11 is 3.06. The van der Waals surface area contributed by atoms with Gasteiger partial charge < -0.3 is 10.4 Å². The number of carbonyl (C=O) groups is 2. The summed E-state index contributed by atoms with van der Waals surface area (Å²) in [4.78, 5) is 21.9. The molecular formula is C9H14BrNO3. The zero-order chi connectivity index (χ0) is 11.3. The number of carboxylic acids is 1. The van der Waals surface area contributed by atoms with Crippen LogP contribution in [0.2, 0.25) is 0 Å². The van der Waals surface area contributed by atoms with Crippen LogP contribution in [0.25, 0.3) is 0 Å². The number of hydrogen-bond acceptors (Lipinski definition) is 2. The monoisotopic (exact) mass is 263 g/mol. The number of halogens is 1. The molecule has 0 aromatic rings. The smallest absolute Gasteiger partial charge is 0.326 e. The summed E-state index contributed by atoms with van der Waals surface area (Å²) in [6.07, 6.45) is 0.188. The van der Waals surface area contributed by atoms with Gasteiger partial charge in [0.2, 0.25) is 5.91 Å². The van der Waals surface area contributed by atoms with Gasteiger partial charge in [-0.25, -0.2) is 4.79 Å². The van der Waals surface area contributed by atoms with Crippen LogP contribution in [0.5, 0.6) is 0 Å². The maximum atomic E-state index is 11.2. The number of nitrogens with one attached hydrogen (secondary N) is 1. The third kappa shape index (κ3) is 5.01. The van der Waals surface area contributed by atoms with E-state index in [-0.39, 0.29) is 18.2 Å². The fourth-order valence-electron chi connectivity index (χ4n) is 0.760. The minimum atomic E-state index is -1.06. The molecular weight excluding hydrogens is 250 g/mol. The maximum absolute atomic E-state index is 11.2. The molecule has 0 unspecified atom stereocenters. The van der Waals surface area contributed by atoms with E-state index in [9.17, 15) is 9.59 Å². The van der Waals surface area contributed by atoms with Gasteiger partial charge in [0.05, 0.1) is 0 Å². The van der Waals surface area contributed by atoms with Gasteiger partial charge in [-0.05, 0) is 4.48 Å². The van der Waals surface area contributed by atoms with Crippen LogP contribution in [0.15, 0.2) is 11.1 Å². The van der Waals surface area contributed by atoms with E-state index in [4.69, 9.17) is 5.11 Å². The van der Waals surface area contributed by atoms with Crippen molar-refractivity contribution in [2.45, 2.75) is 26.3 Å². The van der Waals surface area contributed by atoms with E-state index in [1.165, 1.54) is 0 Å². The average molecular weight is 264 g/mol. The second kappa shape index (κ2) is 5.80. The third-order valence-corrected chi connectivity index (χ3v) is 1.89. The van der Waals surface area contributed by atoms with Gasteiger partial charge in [-0.1, -0.05) is 36.4 Å². The van der Waals surface area contributed by atoms with Crippen LogP contribution in [0.4, 0.5) is 0 Å². The molecule has 0 saturated carbocycles. The SMILES string of the molecule is C=C(Br)C[C@@H](NC(=O)C(C)C)C(=O)O. The topological polar surface area (TPSA) is 66.4 Å². The number of amides is 1. The lowest BCUT2D eigenvalue weighted by molar-refractivity contribution is -0.142. The molecule has 4 nitrogen and oxygen atoms in total. The molecule has 0 aliphatic rings. The first-order chi connectivity index (χ1) is 6.34. The summed E-state index contributed by atoms with van der Waals surface area (Å²) in [6, 6.07) is -0.906. The molecule has 0 aromatic carbocycles. The van der Waals surface area contributed by atoms with Crippen molar-refractivity contribution in [2.24, 2.45) is 5.92 Å². The molecule has 0 rings (SSSR count). The molecule has 2 N–H and O–H groups in total. The van der Waals surface area contributed by atoms with E-state index in [2.05, 4.69) is 27.8 Å². The summed E-state index contributed by atoms with van der Waals surface area (Å²) in [6.45, 7) is 6.94. The van der Waals surface area contributed by atoms with Crippen LogP contribution >= 0.6 is 15.9 Å². The maximum Gasteiger partial charge on any atom is 0.326 e. The number of hydrogen-bond donors (Lipinski definition) is 2. The number of carboxylic acid groups (broad SMARTS) is 1. The molecule has 5 heteroatoms. The van der Waals surface area contributed by atoms with Crippen molar-refractivity contribution in [1.82, 2.24) is 5.32 Å². The highest BCUT2D eigenvalue weighted by Gasteiger charge is 2.21. The van der Waals surface area contributed by atoms with Gasteiger partial charge in [0.1, 0.15) is 6.04 Å². The predicted octanol–water partition coefficient (Wildman–Crippen LogP) is 1.51. The predicted molar refractivity (Wildman–Crippen MR) is 57.1 cm³/mol. The van der Waals surface area contributed by atoms with Gasteiger partial charge >= 0.3 is 5.97 Å². The normalized spacial score (nSPS) is 12.3. The molecule has 0 aromatic heterocycles. The van der Waals surface area contributed by atoms with E-state index >= 15 is 0 Å². The Morgan fingerprint density at radius 3 is 2.29 bits per heavy atom.